The molecule has 0 radical (unpaired) electrons. The number of aliphatic hydroxyl groups excluding tert-OH is 1. The number of non-ortho nitro benzene ring substituents is 1. The van der Waals surface area contributed by atoms with Gasteiger partial charge in [-0.3, -0.25) is 19.7 Å². The molecule has 2 aromatic rings. The predicted molar refractivity (Wildman–Crippen MR) is 112 cm³/mol. The van der Waals surface area contributed by atoms with Gasteiger partial charge in [-0.1, -0.05) is 29.8 Å². The lowest BCUT2D eigenvalue weighted by atomic mass is 9.95. The summed E-state index contributed by atoms with van der Waals surface area (Å²) < 4.78 is 0. The first-order valence-electron chi connectivity index (χ1n) is 9.45. The van der Waals surface area contributed by atoms with Crippen molar-refractivity contribution in [3.8, 4) is 0 Å². The minimum absolute atomic E-state index is 0.0172. The Balaban J connectivity index is 2.13. The van der Waals surface area contributed by atoms with E-state index < -0.39 is 22.7 Å². The molecule has 0 saturated carbocycles. The zero-order valence-corrected chi connectivity index (χ0v) is 17.0. The van der Waals surface area contributed by atoms with E-state index in [4.69, 9.17) is 0 Å². The van der Waals surface area contributed by atoms with Crippen molar-refractivity contribution in [2.45, 2.75) is 13.0 Å². The van der Waals surface area contributed by atoms with E-state index in [9.17, 15) is 24.8 Å². The van der Waals surface area contributed by atoms with Crippen LogP contribution in [0.2, 0.25) is 0 Å². The number of aryl methyl sites for hydroxylation is 1. The lowest BCUT2D eigenvalue weighted by Gasteiger charge is -2.26. The first kappa shape index (κ1) is 21.2. The molecule has 0 spiro atoms. The second kappa shape index (κ2) is 8.46. The van der Waals surface area contributed by atoms with Crippen LogP contribution in [0.1, 0.15) is 22.7 Å². The molecule has 0 aromatic heterocycles. The number of carbonyl (C=O) groups is 2. The maximum atomic E-state index is 12.9. The maximum Gasteiger partial charge on any atom is 0.295 e. The Kier molecular flexibility index (Phi) is 5.98. The van der Waals surface area contributed by atoms with Crippen LogP contribution in [0, 0.1) is 17.0 Å². The minimum atomic E-state index is -0.827. The van der Waals surface area contributed by atoms with E-state index in [0.29, 0.717) is 17.7 Å². The molecule has 0 aliphatic carbocycles. The van der Waals surface area contributed by atoms with E-state index in [0.717, 1.165) is 5.56 Å². The molecular weight excluding hydrogens is 386 g/mol. The van der Waals surface area contributed by atoms with Crippen LogP contribution in [-0.2, 0) is 9.59 Å². The number of aliphatic hydroxyl groups is 1. The summed E-state index contributed by atoms with van der Waals surface area (Å²) in [4.78, 5) is 39.4. The molecule has 0 unspecified atom stereocenters. The second-order valence-electron chi connectivity index (χ2n) is 7.51. The number of amides is 1. The van der Waals surface area contributed by atoms with Crippen LogP contribution in [0.4, 0.5) is 5.69 Å². The van der Waals surface area contributed by atoms with Gasteiger partial charge in [-0.15, -0.1) is 0 Å². The van der Waals surface area contributed by atoms with Gasteiger partial charge in [0.05, 0.1) is 16.5 Å². The van der Waals surface area contributed by atoms with E-state index in [1.807, 2.05) is 25.9 Å². The SMILES string of the molecule is Cc1ccc(/C(O)=C2\C(=O)C(=O)N(CCN(C)C)[C@@H]2c2ccc([N+](=O)[O-])cc2)cc1. The molecule has 1 aliphatic rings. The fraction of sp³-hybridized carbons (Fsp3) is 0.273. The number of nitro groups is 1. The lowest BCUT2D eigenvalue weighted by molar-refractivity contribution is -0.384. The van der Waals surface area contributed by atoms with Gasteiger partial charge in [-0.05, 0) is 38.7 Å². The van der Waals surface area contributed by atoms with Crippen molar-refractivity contribution in [1.82, 2.24) is 9.80 Å². The number of nitrogens with zero attached hydrogens (tertiary/aromatic N) is 3. The standard InChI is InChI=1S/C22H23N3O5/c1-14-4-6-16(7-5-14)20(26)18-19(15-8-10-17(11-9-15)25(29)30)24(13-12-23(2)3)22(28)21(18)27/h4-11,19,26H,12-13H2,1-3H3/b20-18+/t19-/m1/s1. The van der Waals surface area contributed by atoms with Crippen molar-refractivity contribution in [2.24, 2.45) is 0 Å². The van der Waals surface area contributed by atoms with Crippen LogP contribution in [0.3, 0.4) is 0 Å². The van der Waals surface area contributed by atoms with Gasteiger partial charge in [-0.2, -0.15) is 0 Å². The van der Waals surface area contributed by atoms with Gasteiger partial charge in [0.15, 0.2) is 0 Å². The molecule has 156 valence electrons. The highest BCUT2D eigenvalue weighted by Crippen LogP contribution is 2.39. The number of hydrogen-bond donors (Lipinski definition) is 1. The van der Waals surface area contributed by atoms with Crippen LogP contribution in [0.15, 0.2) is 54.1 Å². The van der Waals surface area contributed by atoms with E-state index in [-0.39, 0.29) is 23.6 Å². The van der Waals surface area contributed by atoms with Crippen molar-refractivity contribution >= 4 is 23.1 Å². The van der Waals surface area contributed by atoms with Crippen LogP contribution in [-0.4, -0.2) is 58.7 Å². The summed E-state index contributed by atoms with van der Waals surface area (Å²) in [5.41, 5.74) is 1.83. The third kappa shape index (κ3) is 4.08. The number of benzene rings is 2. The van der Waals surface area contributed by atoms with Gasteiger partial charge in [0.2, 0.25) is 0 Å². The summed E-state index contributed by atoms with van der Waals surface area (Å²) in [5, 5.41) is 21.9. The maximum absolute atomic E-state index is 12.9. The minimum Gasteiger partial charge on any atom is -0.507 e. The summed E-state index contributed by atoms with van der Waals surface area (Å²) in [7, 11) is 3.70. The zero-order chi connectivity index (χ0) is 22.0. The Hall–Kier alpha value is -3.52. The molecule has 1 atom stereocenters. The molecule has 0 bridgehead atoms. The average Bonchev–Trinajstić information content (AvgIpc) is 2.97. The van der Waals surface area contributed by atoms with Gasteiger partial charge in [0, 0.05) is 30.8 Å². The van der Waals surface area contributed by atoms with E-state index >= 15 is 0 Å². The molecule has 2 aromatic carbocycles. The third-order valence-electron chi connectivity index (χ3n) is 5.07. The number of hydrogen-bond acceptors (Lipinski definition) is 6. The number of carbonyl (C=O) groups excluding carboxylic acids is 2. The zero-order valence-electron chi connectivity index (χ0n) is 17.0. The van der Waals surface area contributed by atoms with Gasteiger partial charge < -0.3 is 14.9 Å². The van der Waals surface area contributed by atoms with Crippen molar-refractivity contribution < 1.29 is 19.6 Å². The Bertz CT molecular complexity index is 1010. The fourth-order valence-corrected chi connectivity index (χ4v) is 3.41. The number of nitro benzene ring substituents is 1. The van der Waals surface area contributed by atoms with Crippen molar-refractivity contribution in [2.75, 3.05) is 27.2 Å². The molecule has 1 aliphatic heterocycles. The van der Waals surface area contributed by atoms with Gasteiger partial charge in [-0.25, -0.2) is 0 Å². The van der Waals surface area contributed by atoms with E-state index in [1.54, 1.807) is 24.3 Å². The molecular formula is C22H23N3O5. The average molecular weight is 409 g/mol. The molecule has 1 amide bonds. The highest BCUT2D eigenvalue weighted by Gasteiger charge is 2.45. The van der Waals surface area contributed by atoms with Gasteiger partial charge in [0.25, 0.3) is 17.4 Å². The fourth-order valence-electron chi connectivity index (χ4n) is 3.41. The molecule has 1 N–H and O–H groups in total. The van der Waals surface area contributed by atoms with Crippen LogP contribution in [0.25, 0.3) is 5.76 Å². The Morgan fingerprint density at radius 3 is 2.23 bits per heavy atom. The largest absolute Gasteiger partial charge is 0.507 e. The van der Waals surface area contributed by atoms with Gasteiger partial charge >= 0.3 is 0 Å². The number of ketones is 1. The summed E-state index contributed by atoms with van der Waals surface area (Å²) >= 11 is 0. The molecule has 30 heavy (non-hydrogen) atoms. The van der Waals surface area contributed by atoms with Gasteiger partial charge in [0.1, 0.15) is 5.76 Å². The van der Waals surface area contributed by atoms with Crippen molar-refractivity contribution in [1.29, 1.82) is 0 Å². The third-order valence-corrected chi connectivity index (χ3v) is 5.07. The smallest absolute Gasteiger partial charge is 0.295 e. The van der Waals surface area contributed by atoms with Crippen LogP contribution in [0.5, 0.6) is 0 Å². The highest BCUT2D eigenvalue weighted by molar-refractivity contribution is 6.46. The van der Waals surface area contributed by atoms with Crippen molar-refractivity contribution in [3.63, 3.8) is 0 Å². The first-order valence-corrected chi connectivity index (χ1v) is 9.45. The molecule has 1 heterocycles. The van der Waals surface area contributed by atoms with Crippen molar-refractivity contribution in [3.05, 3.63) is 80.9 Å². The topological polar surface area (TPSA) is 104 Å². The number of likely N-dealkylation sites (N-methyl/N-ethyl adjacent to an activating group) is 1. The van der Waals surface area contributed by atoms with E-state index in [1.165, 1.54) is 29.2 Å². The first-order chi connectivity index (χ1) is 14.2. The Morgan fingerprint density at radius 1 is 1.10 bits per heavy atom. The van der Waals surface area contributed by atoms with Crippen LogP contribution >= 0.6 is 0 Å². The number of rotatable bonds is 6. The predicted octanol–water partition coefficient (Wildman–Crippen LogP) is 2.89. The quantitative estimate of drug-likeness (QED) is 0.259. The number of likely N-dealkylation sites (tertiary alicyclic amines) is 1. The molecule has 1 saturated heterocycles. The highest BCUT2D eigenvalue weighted by atomic mass is 16.6. The molecule has 8 heteroatoms. The van der Waals surface area contributed by atoms with E-state index in [2.05, 4.69) is 0 Å². The molecule has 8 nitrogen and oxygen atoms in total. The van der Waals surface area contributed by atoms with Crippen LogP contribution < -0.4 is 0 Å². The normalized spacial score (nSPS) is 18.3. The Labute approximate surface area is 174 Å². The lowest BCUT2D eigenvalue weighted by Crippen LogP contribution is -2.35. The summed E-state index contributed by atoms with van der Waals surface area (Å²) in [6, 6.07) is 11.8. The molecule has 1 fully saturated rings. The summed E-state index contributed by atoms with van der Waals surface area (Å²) in [6.07, 6.45) is 0. The second-order valence-corrected chi connectivity index (χ2v) is 7.51. The number of Topliss-reactive ketones (excluding diaryl/α,β-unsaturated/α-hetero) is 1. The summed E-state index contributed by atoms with van der Waals surface area (Å²) in [6.45, 7) is 2.69. The summed E-state index contributed by atoms with van der Waals surface area (Å²) in [5.74, 6) is -1.73. The Morgan fingerprint density at radius 2 is 1.70 bits per heavy atom. The molecule has 3 rings (SSSR count). The monoisotopic (exact) mass is 409 g/mol.